The van der Waals surface area contributed by atoms with E-state index in [1.165, 1.54) is 30.5 Å². The van der Waals surface area contributed by atoms with Crippen LogP contribution < -0.4 is 10.6 Å². The first-order valence-electron chi connectivity index (χ1n) is 9.30. The lowest BCUT2D eigenvalue weighted by molar-refractivity contribution is -0.134. The van der Waals surface area contributed by atoms with Gasteiger partial charge >= 0.3 is 11.9 Å². The van der Waals surface area contributed by atoms with Gasteiger partial charge in [-0.1, -0.05) is 23.7 Å². The number of anilines is 1. The summed E-state index contributed by atoms with van der Waals surface area (Å²) in [6.07, 6.45) is -2.35. The van der Waals surface area contributed by atoms with Crippen molar-refractivity contribution in [2.45, 2.75) is 18.8 Å². The number of hydrogen-bond acceptors (Lipinski definition) is 6. The van der Waals surface area contributed by atoms with Crippen molar-refractivity contribution in [2.75, 3.05) is 18.0 Å². The van der Waals surface area contributed by atoms with Crippen LogP contribution in [0.2, 0.25) is 5.02 Å². The molecule has 1 aromatic carbocycles. The number of halogens is 5. The zero-order valence-corrected chi connectivity index (χ0v) is 17.8. The average molecular weight is 487 g/mol. The van der Waals surface area contributed by atoms with Gasteiger partial charge in [-0.2, -0.15) is 23.3 Å². The van der Waals surface area contributed by atoms with Crippen molar-refractivity contribution in [3.05, 3.63) is 79.2 Å². The molecule has 0 saturated heterocycles. The van der Waals surface area contributed by atoms with Crippen LogP contribution in [-0.2, 0) is 12.7 Å². The van der Waals surface area contributed by atoms with Crippen LogP contribution in [0.3, 0.4) is 0 Å². The third-order valence-electron chi connectivity index (χ3n) is 4.85. The van der Waals surface area contributed by atoms with E-state index in [1.54, 1.807) is 11.0 Å². The summed E-state index contributed by atoms with van der Waals surface area (Å²) in [7, 11) is 0. The molecule has 168 valence electrons. The van der Waals surface area contributed by atoms with Gasteiger partial charge in [0.05, 0.1) is 23.9 Å². The molecule has 4 rings (SSSR count). The monoisotopic (exact) mass is 486 g/mol. The van der Waals surface area contributed by atoms with Crippen molar-refractivity contribution in [1.29, 1.82) is 0 Å². The fourth-order valence-corrected chi connectivity index (χ4v) is 4.32. The van der Waals surface area contributed by atoms with E-state index in [0.29, 0.717) is 33.9 Å². The van der Waals surface area contributed by atoms with E-state index in [-0.39, 0.29) is 23.9 Å². The van der Waals surface area contributed by atoms with Crippen LogP contribution in [-0.4, -0.2) is 39.1 Å². The Kier molecular flexibility index (Phi) is 6.06. The van der Waals surface area contributed by atoms with Crippen molar-refractivity contribution in [3.63, 3.8) is 0 Å². The molecular weight excluding hydrogens is 472 g/mol. The number of aromatic nitrogens is 3. The van der Waals surface area contributed by atoms with Crippen molar-refractivity contribution in [2.24, 2.45) is 0 Å². The van der Waals surface area contributed by atoms with Gasteiger partial charge < -0.3 is 10.0 Å². The van der Waals surface area contributed by atoms with Crippen LogP contribution in [0.5, 0.6) is 0 Å². The van der Waals surface area contributed by atoms with Gasteiger partial charge in [0, 0.05) is 18.0 Å². The molecule has 12 heteroatoms. The Morgan fingerprint density at radius 1 is 1.25 bits per heavy atom. The van der Waals surface area contributed by atoms with E-state index >= 15 is 0 Å². The van der Waals surface area contributed by atoms with Crippen LogP contribution in [0.4, 0.5) is 23.4 Å². The lowest BCUT2D eigenvalue weighted by Gasteiger charge is -2.31. The normalized spacial score (nSPS) is 16.9. The SMILES string of the molecule is O=c1nc(N2CC=C(c3ccc(F)c(Cl)c3)[C@@H](O)C2)cnn1Cc1ccc(C(F)(F)F)s1. The van der Waals surface area contributed by atoms with Crippen LogP contribution in [0.15, 0.2) is 47.4 Å². The second kappa shape index (κ2) is 8.64. The summed E-state index contributed by atoms with van der Waals surface area (Å²) in [5.41, 5.74) is 0.431. The highest BCUT2D eigenvalue weighted by molar-refractivity contribution is 7.12. The van der Waals surface area contributed by atoms with E-state index in [0.717, 1.165) is 10.7 Å². The van der Waals surface area contributed by atoms with Crippen molar-refractivity contribution < 1.29 is 22.7 Å². The molecule has 1 atom stereocenters. The topological polar surface area (TPSA) is 71.2 Å². The van der Waals surface area contributed by atoms with Crippen LogP contribution in [0.25, 0.3) is 5.57 Å². The minimum atomic E-state index is -4.44. The van der Waals surface area contributed by atoms with E-state index in [4.69, 9.17) is 11.6 Å². The highest BCUT2D eigenvalue weighted by atomic mass is 35.5. The molecule has 3 aromatic rings. The molecular formula is C20H15ClF4N4O2S. The molecule has 0 unspecified atom stereocenters. The molecule has 0 fully saturated rings. The highest BCUT2D eigenvalue weighted by Gasteiger charge is 2.32. The molecule has 1 aliphatic rings. The minimum Gasteiger partial charge on any atom is -0.387 e. The molecule has 0 radical (unpaired) electrons. The number of nitrogens with zero attached hydrogens (tertiary/aromatic N) is 4. The second-order valence-corrected chi connectivity index (χ2v) is 8.60. The number of aliphatic hydroxyl groups is 1. The standard InChI is InChI=1S/C20H15ClF4N4O2S/c21-14-7-11(1-3-15(14)22)13-5-6-28(10-16(13)30)18-8-26-29(19(31)27-18)9-12-2-4-17(32-12)20(23,24)25/h1-5,7-8,16,30H,6,9-10H2/t16-/m0/s1. The van der Waals surface area contributed by atoms with Crippen LogP contribution >= 0.6 is 22.9 Å². The highest BCUT2D eigenvalue weighted by Crippen LogP contribution is 2.34. The summed E-state index contributed by atoms with van der Waals surface area (Å²) in [5.74, 6) is -0.337. The van der Waals surface area contributed by atoms with Gasteiger partial charge in [0.2, 0.25) is 0 Å². The van der Waals surface area contributed by atoms with Gasteiger partial charge in [-0.05, 0) is 35.4 Å². The summed E-state index contributed by atoms with van der Waals surface area (Å²) >= 11 is 6.35. The first kappa shape index (κ1) is 22.4. The van der Waals surface area contributed by atoms with E-state index < -0.39 is 28.7 Å². The third kappa shape index (κ3) is 4.69. The number of β-amino-alcohol motifs (C(OH)–C–C–N with tert-alkyl or cyclic N) is 1. The van der Waals surface area contributed by atoms with E-state index in [9.17, 15) is 27.5 Å². The maximum Gasteiger partial charge on any atom is 0.425 e. The number of rotatable bonds is 4. The first-order valence-corrected chi connectivity index (χ1v) is 10.5. The Morgan fingerprint density at radius 3 is 2.66 bits per heavy atom. The summed E-state index contributed by atoms with van der Waals surface area (Å²) < 4.78 is 52.6. The Hall–Kier alpha value is -2.76. The summed E-state index contributed by atoms with van der Waals surface area (Å²) in [4.78, 5) is 17.5. The molecule has 1 aliphatic heterocycles. The fraction of sp³-hybridized carbons (Fsp3) is 0.250. The Balaban J connectivity index is 1.50. The fourth-order valence-electron chi connectivity index (χ4n) is 3.28. The smallest absolute Gasteiger partial charge is 0.387 e. The van der Waals surface area contributed by atoms with Crippen molar-refractivity contribution in [1.82, 2.24) is 14.8 Å². The minimum absolute atomic E-state index is 0.0550. The van der Waals surface area contributed by atoms with Gasteiger partial charge in [0.1, 0.15) is 10.7 Å². The van der Waals surface area contributed by atoms with Crippen molar-refractivity contribution in [3.8, 4) is 0 Å². The zero-order valence-electron chi connectivity index (χ0n) is 16.2. The molecule has 0 aliphatic carbocycles. The lowest BCUT2D eigenvalue weighted by Crippen LogP contribution is -2.39. The van der Waals surface area contributed by atoms with Gasteiger partial charge in [-0.15, -0.1) is 11.3 Å². The average Bonchev–Trinajstić information content (AvgIpc) is 3.21. The number of alkyl halides is 3. The van der Waals surface area contributed by atoms with Crippen LogP contribution in [0, 0.1) is 5.82 Å². The lowest BCUT2D eigenvalue weighted by atomic mass is 9.97. The van der Waals surface area contributed by atoms with E-state index in [1.807, 2.05) is 0 Å². The predicted octanol–water partition coefficient (Wildman–Crippen LogP) is 3.82. The molecule has 0 bridgehead atoms. The molecule has 0 saturated carbocycles. The quantitative estimate of drug-likeness (QED) is 0.568. The molecule has 3 heterocycles. The molecule has 0 spiro atoms. The predicted molar refractivity (Wildman–Crippen MR) is 112 cm³/mol. The largest absolute Gasteiger partial charge is 0.425 e. The number of thiophene rings is 1. The Labute approximate surface area is 188 Å². The van der Waals surface area contributed by atoms with Crippen LogP contribution in [0.1, 0.15) is 15.3 Å². The summed E-state index contributed by atoms with van der Waals surface area (Å²) in [5, 5.41) is 14.5. The molecule has 6 nitrogen and oxygen atoms in total. The van der Waals surface area contributed by atoms with Crippen molar-refractivity contribution >= 4 is 34.3 Å². The molecule has 1 N–H and O–H groups in total. The number of benzene rings is 1. The van der Waals surface area contributed by atoms with Gasteiger partial charge in [-0.25, -0.2) is 13.9 Å². The second-order valence-electron chi connectivity index (χ2n) is 7.03. The first-order chi connectivity index (χ1) is 15.1. The van der Waals surface area contributed by atoms with Gasteiger partial charge in [0.25, 0.3) is 0 Å². The Morgan fingerprint density at radius 2 is 2.03 bits per heavy atom. The summed E-state index contributed by atoms with van der Waals surface area (Å²) in [6, 6.07) is 6.41. The third-order valence-corrected chi connectivity index (χ3v) is 6.26. The summed E-state index contributed by atoms with van der Waals surface area (Å²) in [6.45, 7) is 0.281. The van der Waals surface area contributed by atoms with E-state index in [2.05, 4.69) is 10.1 Å². The zero-order chi connectivity index (χ0) is 23.0. The maximum atomic E-state index is 13.4. The number of aliphatic hydroxyl groups excluding tert-OH is 1. The van der Waals surface area contributed by atoms with Gasteiger partial charge in [0.15, 0.2) is 5.82 Å². The van der Waals surface area contributed by atoms with Gasteiger partial charge in [-0.3, -0.25) is 0 Å². The Bertz CT molecular complexity index is 1240. The maximum absolute atomic E-state index is 13.4. The molecule has 32 heavy (non-hydrogen) atoms. The molecule has 2 aromatic heterocycles. The number of hydrogen-bond donors (Lipinski definition) is 1. The molecule has 0 amide bonds.